The summed E-state index contributed by atoms with van der Waals surface area (Å²) in [6.07, 6.45) is 5.53. The molecule has 0 amide bonds. The van der Waals surface area contributed by atoms with E-state index in [4.69, 9.17) is 5.26 Å². The fourth-order valence-corrected chi connectivity index (χ4v) is 2.92. The van der Waals surface area contributed by atoms with E-state index in [1.54, 1.807) is 12.3 Å². The summed E-state index contributed by atoms with van der Waals surface area (Å²) in [5.74, 6) is 1.82. The summed E-state index contributed by atoms with van der Waals surface area (Å²) in [5, 5.41) is 12.6. The van der Waals surface area contributed by atoms with E-state index in [2.05, 4.69) is 15.3 Å². The fraction of sp³-hybridized carbons (Fsp3) is 0.545. The van der Waals surface area contributed by atoms with E-state index in [-0.39, 0.29) is 0 Å². The van der Waals surface area contributed by atoms with Crippen molar-refractivity contribution in [3.05, 3.63) is 18.0 Å². The average molecular weight is 234 g/mol. The number of thioether (sulfide) groups is 1. The van der Waals surface area contributed by atoms with Gasteiger partial charge in [-0.3, -0.25) is 0 Å². The number of hydrogen-bond donors (Lipinski definition) is 1. The van der Waals surface area contributed by atoms with E-state index >= 15 is 0 Å². The molecule has 2 rings (SSSR count). The molecule has 0 aliphatic carbocycles. The summed E-state index contributed by atoms with van der Waals surface area (Å²) in [6, 6.07) is 3.62. The Morgan fingerprint density at radius 3 is 3.25 bits per heavy atom. The van der Waals surface area contributed by atoms with Gasteiger partial charge in [-0.15, -0.1) is 0 Å². The highest BCUT2D eigenvalue weighted by molar-refractivity contribution is 7.99. The molecule has 84 valence electrons. The molecule has 1 aromatic heterocycles. The van der Waals surface area contributed by atoms with Crippen molar-refractivity contribution in [1.82, 2.24) is 9.97 Å². The van der Waals surface area contributed by atoms with E-state index in [1.807, 2.05) is 17.8 Å². The quantitative estimate of drug-likeness (QED) is 0.867. The molecule has 1 N–H and O–H groups in total. The zero-order chi connectivity index (χ0) is 11.2. The predicted octanol–water partition coefficient (Wildman–Crippen LogP) is 2.05. The topological polar surface area (TPSA) is 61.6 Å². The molecule has 1 aliphatic heterocycles. The molecule has 4 nitrogen and oxygen atoms in total. The lowest BCUT2D eigenvalue weighted by atomic mass is 10.2. The Balaban J connectivity index is 1.86. The van der Waals surface area contributed by atoms with Gasteiger partial charge in [0.05, 0.1) is 0 Å². The maximum atomic E-state index is 8.71. The first kappa shape index (κ1) is 11.2. The molecule has 0 aromatic carbocycles. The second kappa shape index (κ2) is 5.71. The molecule has 1 fully saturated rings. The number of rotatable bonds is 3. The molecule has 0 radical (unpaired) electrons. The van der Waals surface area contributed by atoms with Gasteiger partial charge in [0, 0.05) is 18.0 Å². The minimum atomic E-state index is 0.411. The van der Waals surface area contributed by atoms with E-state index in [0.717, 1.165) is 6.54 Å². The van der Waals surface area contributed by atoms with Gasteiger partial charge < -0.3 is 5.32 Å². The smallest absolute Gasteiger partial charge is 0.223 e. The summed E-state index contributed by atoms with van der Waals surface area (Å²) < 4.78 is 0. The highest BCUT2D eigenvalue weighted by atomic mass is 32.2. The molecule has 2 heterocycles. The molecule has 1 saturated heterocycles. The van der Waals surface area contributed by atoms with Crippen LogP contribution in [0, 0.1) is 11.3 Å². The van der Waals surface area contributed by atoms with Crippen LogP contribution in [0.4, 0.5) is 5.95 Å². The van der Waals surface area contributed by atoms with Gasteiger partial charge in [-0.05, 0) is 24.7 Å². The average Bonchev–Trinajstić information content (AvgIpc) is 2.38. The van der Waals surface area contributed by atoms with E-state index < -0.39 is 0 Å². The Morgan fingerprint density at radius 2 is 2.50 bits per heavy atom. The molecule has 1 atom stereocenters. The Morgan fingerprint density at radius 1 is 1.56 bits per heavy atom. The molecule has 16 heavy (non-hydrogen) atoms. The van der Waals surface area contributed by atoms with Crippen LogP contribution in [0.15, 0.2) is 12.3 Å². The second-order valence-corrected chi connectivity index (χ2v) is 5.16. The zero-order valence-electron chi connectivity index (χ0n) is 9.02. The van der Waals surface area contributed by atoms with E-state index in [9.17, 15) is 0 Å². The molecular weight excluding hydrogens is 220 g/mol. The number of hydrogen-bond acceptors (Lipinski definition) is 5. The fourth-order valence-electron chi connectivity index (χ4n) is 1.68. The molecule has 5 heteroatoms. The molecule has 1 aliphatic rings. The van der Waals surface area contributed by atoms with Crippen molar-refractivity contribution in [3.8, 4) is 6.07 Å². The van der Waals surface area contributed by atoms with Gasteiger partial charge in [0.25, 0.3) is 0 Å². The predicted molar refractivity (Wildman–Crippen MR) is 65.3 cm³/mol. The van der Waals surface area contributed by atoms with Crippen molar-refractivity contribution in [2.75, 3.05) is 17.6 Å². The number of nitrogens with one attached hydrogen (secondary N) is 1. The summed E-state index contributed by atoms with van der Waals surface area (Å²) in [5.41, 5.74) is 0.411. The molecule has 0 bridgehead atoms. The van der Waals surface area contributed by atoms with Crippen LogP contribution in [0.1, 0.15) is 25.0 Å². The first-order valence-corrected chi connectivity index (χ1v) is 6.52. The van der Waals surface area contributed by atoms with Crippen LogP contribution in [0.2, 0.25) is 0 Å². The van der Waals surface area contributed by atoms with Crippen molar-refractivity contribution < 1.29 is 0 Å². The van der Waals surface area contributed by atoms with E-state index in [1.165, 1.54) is 25.0 Å². The third kappa shape index (κ3) is 3.11. The van der Waals surface area contributed by atoms with Gasteiger partial charge in [0.2, 0.25) is 5.95 Å². The van der Waals surface area contributed by atoms with Crippen LogP contribution in [-0.2, 0) is 0 Å². The molecule has 1 unspecified atom stereocenters. The lowest BCUT2D eigenvalue weighted by molar-refractivity contribution is 0.676. The molecule has 0 spiro atoms. The standard InChI is InChI=1S/C11H14N4S/c12-7-9-4-5-13-11(15-9)14-8-10-3-1-2-6-16-10/h4-5,10H,1-3,6,8H2,(H,13,14,15). The van der Waals surface area contributed by atoms with Gasteiger partial charge in [0.1, 0.15) is 11.8 Å². The lowest BCUT2D eigenvalue weighted by Crippen LogP contribution is -2.21. The third-order valence-corrected chi connectivity index (χ3v) is 3.93. The van der Waals surface area contributed by atoms with Gasteiger partial charge >= 0.3 is 0 Å². The first-order valence-electron chi connectivity index (χ1n) is 5.47. The number of nitrogens with zero attached hydrogens (tertiary/aromatic N) is 3. The monoisotopic (exact) mass is 234 g/mol. The van der Waals surface area contributed by atoms with Crippen LogP contribution in [0.5, 0.6) is 0 Å². The van der Waals surface area contributed by atoms with Crippen molar-refractivity contribution in [3.63, 3.8) is 0 Å². The molecule has 0 saturated carbocycles. The Bertz CT molecular complexity index is 382. The number of aromatic nitrogens is 2. The minimum Gasteiger partial charge on any atom is -0.353 e. The zero-order valence-corrected chi connectivity index (χ0v) is 9.83. The highest BCUT2D eigenvalue weighted by Gasteiger charge is 2.13. The maximum Gasteiger partial charge on any atom is 0.223 e. The van der Waals surface area contributed by atoms with Crippen LogP contribution >= 0.6 is 11.8 Å². The summed E-state index contributed by atoms with van der Waals surface area (Å²) in [6.45, 7) is 0.888. The summed E-state index contributed by atoms with van der Waals surface area (Å²) in [4.78, 5) is 8.17. The second-order valence-electron chi connectivity index (χ2n) is 3.75. The summed E-state index contributed by atoms with van der Waals surface area (Å²) in [7, 11) is 0. The van der Waals surface area contributed by atoms with Gasteiger partial charge in [-0.1, -0.05) is 6.42 Å². The van der Waals surface area contributed by atoms with Crippen molar-refractivity contribution >= 4 is 17.7 Å². The Hall–Kier alpha value is -1.28. The lowest BCUT2D eigenvalue weighted by Gasteiger charge is -2.21. The van der Waals surface area contributed by atoms with Gasteiger partial charge in [-0.25, -0.2) is 9.97 Å². The Labute approximate surface area is 99.5 Å². The van der Waals surface area contributed by atoms with Gasteiger partial charge in [-0.2, -0.15) is 17.0 Å². The SMILES string of the molecule is N#Cc1ccnc(NCC2CCCCS2)n1. The highest BCUT2D eigenvalue weighted by Crippen LogP contribution is 2.24. The van der Waals surface area contributed by atoms with Crippen LogP contribution in [0.25, 0.3) is 0 Å². The minimum absolute atomic E-state index is 0.411. The third-order valence-electron chi connectivity index (χ3n) is 2.53. The Kier molecular flexibility index (Phi) is 4.00. The molecular formula is C11H14N4S. The van der Waals surface area contributed by atoms with Crippen molar-refractivity contribution in [2.24, 2.45) is 0 Å². The maximum absolute atomic E-state index is 8.71. The normalized spacial score (nSPS) is 20.1. The first-order chi connectivity index (χ1) is 7.88. The van der Waals surface area contributed by atoms with Crippen molar-refractivity contribution in [1.29, 1.82) is 5.26 Å². The van der Waals surface area contributed by atoms with Crippen LogP contribution in [-0.4, -0.2) is 27.5 Å². The molecule has 1 aromatic rings. The summed E-state index contributed by atoms with van der Waals surface area (Å²) >= 11 is 2.01. The number of anilines is 1. The van der Waals surface area contributed by atoms with Gasteiger partial charge in [0.15, 0.2) is 0 Å². The number of nitriles is 1. The largest absolute Gasteiger partial charge is 0.353 e. The van der Waals surface area contributed by atoms with Crippen LogP contribution in [0.3, 0.4) is 0 Å². The van der Waals surface area contributed by atoms with E-state index in [0.29, 0.717) is 16.9 Å². The van der Waals surface area contributed by atoms with Crippen molar-refractivity contribution in [2.45, 2.75) is 24.5 Å². The van der Waals surface area contributed by atoms with Crippen LogP contribution < -0.4 is 5.32 Å².